The van der Waals surface area contributed by atoms with Gasteiger partial charge in [0.2, 0.25) is 0 Å². The topological polar surface area (TPSA) is 53.3 Å². The molecular weight excluding hydrogens is 236 g/mol. The Balaban J connectivity index is 1.81. The lowest BCUT2D eigenvalue weighted by Gasteiger charge is -2.31. The summed E-state index contributed by atoms with van der Waals surface area (Å²) in [6, 6.07) is 10.1. The number of hydrazine groups is 1. The van der Waals surface area contributed by atoms with E-state index in [-0.39, 0.29) is 0 Å². The number of nitrogens with one attached hydrogen (secondary N) is 2. The van der Waals surface area contributed by atoms with Gasteiger partial charge in [-0.25, -0.2) is 5.43 Å². The minimum Gasteiger partial charge on any atom is -0.378 e. The van der Waals surface area contributed by atoms with Gasteiger partial charge in [-0.15, -0.1) is 0 Å². The van der Waals surface area contributed by atoms with Crippen LogP contribution >= 0.6 is 0 Å². The van der Waals surface area contributed by atoms with Crippen molar-refractivity contribution in [3.8, 4) is 0 Å². The van der Waals surface area contributed by atoms with Crippen molar-refractivity contribution in [2.75, 3.05) is 19.0 Å². The SMILES string of the molecule is CN(C)c1cccc(C2NNC3CC(N)CCC32)c1. The fourth-order valence-electron chi connectivity index (χ4n) is 3.42. The first-order valence-corrected chi connectivity index (χ1v) is 7.19. The molecule has 0 amide bonds. The summed E-state index contributed by atoms with van der Waals surface area (Å²) in [6.07, 6.45) is 3.44. The molecule has 1 aromatic carbocycles. The Morgan fingerprint density at radius 3 is 2.84 bits per heavy atom. The van der Waals surface area contributed by atoms with E-state index in [1.54, 1.807) is 0 Å². The van der Waals surface area contributed by atoms with Gasteiger partial charge >= 0.3 is 0 Å². The Labute approximate surface area is 115 Å². The lowest BCUT2D eigenvalue weighted by atomic mass is 9.78. The zero-order valence-electron chi connectivity index (χ0n) is 11.8. The quantitative estimate of drug-likeness (QED) is 0.752. The Morgan fingerprint density at radius 2 is 2.05 bits per heavy atom. The Kier molecular flexibility index (Phi) is 3.48. The fourth-order valence-corrected chi connectivity index (χ4v) is 3.42. The molecule has 3 rings (SSSR count). The molecule has 2 aliphatic rings. The minimum atomic E-state index is 0.363. The van der Waals surface area contributed by atoms with Crippen LogP contribution in [0.5, 0.6) is 0 Å². The van der Waals surface area contributed by atoms with Crippen molar-refractivity contribution in [2.24, 2.45) is 11.7 Å². The summed E-state index contributed by atoms with van der Waals surface area (Å²) in [5.41, 5.74) is 15.6. The van der Waals surface area contributed by atoms with E-state index in [9.17, 15) is 0 Å². The molecule has 19 heavy (non-hydrogen) atoms. The van der Waals surface area contributed by atoms with Crippen molar-refractivity contribution in [3.05, 3.63) is 29.8 Å². The van der Waals surface area contributed by atoms with E-state index < -0.39 is 0 Å². The minimum absolute atomic E-state index is 0.363. The smallest absolute Gasteiger partial charge is 0.0506 e. The summed E-state index contributed by atoms with van der Waals surface area (Å²) in [4.78, 5) is 2.15. The molecule has 0 bridgehead atoms. The zero-order chi connectivity index (χ0) is 13.4. The Hall–Kier alpha value is -1.10. The van der Waals surface area contributed by atoms with Crippen LogP contribution in [0.4, 0.5) is 5.69 Å². The summed E-state index contributed by atoms with van der Waals surface area (Å²) in [6.45, 7) is 0. The van der Waals surface area contributed by atoms with Crippen molar-refractivity contribution in [1.29, 1.82) is 0 Å². The van der Waals surface area contributed by atoms with Gasteiger partial charge in [0.15, 0.2) is 0 Å². The number of nitrogens with zero attached hydrogens (tertiary/aromatic N) is 1. The first-order chi connectivity index (χ1) is 9.15. The van der Waals surface area contributed by atoms with Crippen molar-refractivity contribution in [2.45, 2.75) is 37.4 Å². The largest absolute Gasteiger partial charge is 0.378 e. The van der Waals surface area contributed by atoms with Crippen LogP contribution < -0.4 is 21.5 Å². The number of hydrogen-bond acceptors (Lipinski definition) is 4. The predicted molar refractivity (Wildman–Crippen MR) is 78.9 cm³/mol. The van der Waals surface area contributed by atoms with Crippen LogP contribution in [-0.4, -0.2) is 26.2 Å². The van der Waals surface area contributed by atoms with Crippen LogP contribution in [0.15, 0.2) is 24.3 Å². The van der Waals surface area contributed by atoms with Gasteiger partial charge in [-0.3, -0.25) is 5.43 Å². The first-order valence-electron chi connectivity index (χ1n) is 7.19. The molecule has 1 saturated heterocycles. The lowest BCUT2D eigenvalue weighted by molar-refractivity contribution is 0.281. The van der Waals surface area contributed by atoms with Gasteiger partial charge in [-0.2, -0.15) is 0 Å². The fraction of sp³-hybridized carbons (Fsp3) is 0.600. The number of nitrogens with two attached hydrogens (primary N) is 1. The molecule has 104 valence electrons. The molecule has 4 atom stereocenters. The molecule has 2 fully saturated rings. The monoisotopic (exact) mass is 260 g/mol. The van der Waals surface area contributed by atoms with Crippen molar-refractivity contribution in [3.63, 3.8) is 0 Å². The molecule has 1 saturated carbocycles. The number of fused-ring (bicyclic) bond motifs is 1. The maximum Gasteiger partial charge on any atom is 0.0506 e. The molecule has 0 radical (unpaired) electrons. The molecule has 1 aliphatic heterocycles. The third-order valence-corrected chi connectivity index (χ3v) is 4.54. The third-order valence-electron chi connectivity index (χ3n) is 4.54. The van der Waals surface area contributed by atoms with Crippen LogP contribution in [0.2, 0.25) is 0 Å². The van der Waals surface area contributed by atoms with Gasteiger partial charge in [-0.1, -0.05) is 12.1 Å². The predicted octanol–water partition coefficient (Wildman–Crippen LogP) is 1.40. The van der Waals surface area contributed by atoms with Gasteiger partial charge in [0.05, 0.1) is 6.04 Å². The third kappa shape index (κ3) is 2.48. The maximum absolute atomic E-state index is 6.06. The average molecular weight is 260 g/mol. The van der Waals surface area contributed by atoms with Crippen LogP contribution in [0.3, 0.4) is 0 Å². The molecule has 4 unspecified atom stereocenters. The standard InChI is InChI=1S/C15H24N4/c1-19(2)12-5-3-4-10(8-12)15-13-7-6-11(16)9-14(13)17-18-15/h3-5,8,11,13-15,17-18H,6-7,9,16H2,1-2H3. The van der Waals surface area contributed by atoms with Crippen LogP contribution in [0.25, 0.3) is 0 Å². The molecule has 1 aromatic rings. The summed E-state index contributed by atoms with van der Waals surface area (Å²) in [7, 11) is 4.17. The maximum atomic E-state index is 6.06. The van der Waals surface area contributed by atoms with E-state index in [1.807, 2.05) is 0 Å². The number of anilines is 1. The van der Waals surface area contributed by atoms with E-state index >= 15 is 0 Å². The van der Waals surface area contributed by atoms with Gasteiger partial charge < -0.3 is 10.6 Å². The number of rotatable bonds is 2. The van der Waals surface area contributed by atoms with E-state index in [0.717, 1.165) is 12.8 Å². The molecule has 0 aromatic heterocycles. The van der Waals surface area contributed by atoms with Crippen molar-refractivity contribution < 1.29 is 0 Å². The number of hydrogen-bond donors (Lipinski definition) is 3. The summed E-state index contributed by atoms with van der Waals surface area (Å²) < 4.78 is 0. The second kappa shape index (κ2) is 5.12. The molecule has 1 aliphatic carbocycles. The molecule has 1 heterocycles. The van der Waals surface area contributed by atoms with Gasteiger partial charge in [0.1, 0.15) is 0 Å². The summed E-state index contributed by atoms with van der Waals surface area (Å²) in [5.74, 6) is 0.664. The van der Waals surface area contributed by atoms with Gasteiger partial charge in [-0.05, 0) is 42.9 Å². The summed E-state index contributed by atoms with van der Waals surface area (Å²) in [5, 5.41) is 0. The molecule has 4 N–H and O–H groups in total. The molecular formula is C15H24N4. The van der Waals surface area contributed by atoms with Gasteiger partial charge in [0, 0.05) is 31.9 Å². The highest BCUT2D eigenvalue weighted by atomic mass is 15.4. The van der Waals surface area contributed by atoms with E-state index in [0.29, 0.717) is 24.0 Å². The van der Waals surface area contributed by atoms with Crippen molar-refractivity contribution in [1.82, 2.24) is 10.9 Å². The highest BCUT2D eigenvalue weighted by Gasteiger charge is 2.39. The second-order valence-corrected chi connectivity index (χ2v) is 6.10. The lowest BCUT2D eigenvalue weighted by Crippen LogP contribution is -2.41. The Morgan fingerprint density at radius 1 is 1.21 bits per heavy atom. The normalized spacial score (nSPS) is 34.1. The Bertz CT molecular complexity index is 446. The van der Waals surface area contributed by atoms with Crippen molar-refractivity contribution >= 4 is 5.69 Å². The molecule has 4 nitrogen and oxygen atoms in total. The van der Waals surface area contributed by atoms with Crippen LogP contribution in [-0.2, 0) is 0 Å². The molecule has 4 heteroatoms. The van der Waals surface area contributed by atoms with E-state index in [1.165, 1.54) is 17.7 Å². The first kappa shape index (κ1) is 12.9. The number of benzene rings is 1. The van der Waals surface area contributed by atoms with Gasteiger partial charge in [0.25, 0.3) is 0 Å². The van der Waals surface area contributed by atoms with E-state index in [4.69, 9.17) is 5.73 Å². The second-order valence-electron chi connectivity index (χ2n) is 6.10. The molecule has 0 spiro atoms. The highest BCUT2D eigenvalue weighted by molar-refractivity contribution is 5.48. The highest BCUT2D eigenvalue weighted by Crippen LogP contribution is 2.38. The van der Waals surface area contributed by atoms with Crippen LogP contribution in [0.1, 0.15) is 30.9 Å². The van der Waals surface area contributed by atoms with Crippen LogP contribution in [0, 0.1) is 5.92 Å². The average Bonchev–Trinajstić information content (AvgIpc) is 2.81. The zero-order valence-corrected chi connectivity index (χ0v) is 11.8. The van der Waals surface area contributed by atoms with E-state index in [2.05, 4.69) is 54.1 Å². The summed E-state index contributed by atoms with van der Waals surface area (Å²) >= 11 is 0.